The van der Waals surface area contributed by atoms with Crippen molar-refractivity contribution in [3.63, 3.8) is 0 Å². The highest BCUT2D eigenvalue weighted by Gasteiger charge is 2.28. The first-order valence-corrected chi connectivity index (χ1v) is 8.03. The molecule has 2 rings (SSSR count). The maximum atomic E-state index is 12.4. The first-order chi connectivity index (χ1) is 11.6. The van der Waals surface area contributed by atoms with Gasteiger partial charge < -0.3 is 24.4 Å². The molecule has 0 bridgehead atoms. The van der Waals surface area contributed by atoms with E-state index in [1.807, 2.05) is 0 Å². The lowest BCUT2D eigenvalue weighted by atomic mass is 9.97. The Labute approximate surface area is 141 Å². The number of piperidine rings is 1. The summed E-state index contributed by atoms with van der Waals surface area (Å²) in [5.41, 5.74) is 0.579. The number of amides is 2. The summed E-state index contributed by atoms with van der Waals surface area (Å²) in [6, 6.07) is 5.00. The molecule has 0 aromatic heterocycles. The van der Waals surface area contributed by atoms with E-state index in [4.69, 9.17) is 14.2 Å². The maximum Gasteiger partial charge on any atom is 0.321 e. The van der Waals surface area contributed by atoms with Crippen LogP contribution in [0.25, 0.3) is 0 Å². The number of nitrogens with one attached hydrogen (secondary N) is 1. The Kier molecular flexibility index (Phi) is 6.28. The molecule has 0 unspecified atom stereocenters. The van der Waals surface area contributed by atoms with Crippen molar-refractivity contribution in [2.24, 2.45) is 5.92 Å². The van der Waals surface area contributed by atoms with Crippen molar-refractivity contribution in [3.05, 3.63) is 18.2 Å². The zero-order valence-corrected chi connectivity index (χ0v) is 14.3. The number of nitrogens with zero attached hydrogens (tertiary/aromatic N) is 1. The van der Waals surface area contributed by atoms with Gasteiger partial charge in [0.2, 0.25) is 0 Å². The van der Waals surface area contributed by atoms with Crippen LogP contribution in [0.2, 0.25) is 0 Å². The molecule has 24 heavy (non-hydrogen) atoms. The number of urea groups is 1. The maximum absolute atomic E-state index is 12.4. The SMILES string of the molecule is CCOC(=O)C1CCN(C(=O)Nc2ccc(OC)cc2OC)CC1. The Bertz CT molecular complexity index is 582. The van der Waals surface area contributed by atoms with E-state index in [0.29, 0.717) is 49.7 Å². The number of ether oxygens (including phenoxy) is 3. The molecule has 0 saturated carbocycles. The van der Waals surface area contributed by atoms with E-state index < -0.39 is 0 Å². The number of anilines is 1. The van der Waals surface area contributed by atoms with E-state index in [2.05, 4.69) is 5.32 Å². The van der Waals surface area contributed by atoms with Crippen LogP contribution in [0.1, 0.15) is 19.8 Å². The van der Waals surface area contributed by atoms with Crippen LogP contribution in [0.3, 0.4) is 0 Å². The minimum Gasteiger partial charge on any atom is -0.497 e. The van der Waals surface area contributed by atoms with Crippen molar-refractivity contribution in [1.29, 1.82) is 0 Å². The quantitative estimate of drug-likeness (QED) is 0.836. The van der Waals surface area contributed by atoms with Crippen molar-refractivity contribution < 1.29 is 23.8 Å². The number of rotatable bonds is 5. The van der Waals surface area contributed by atoms with Crippen LogP contribution in [0.15, 0.2) is 18.2 Å². The highest BCUT2D eigenvalue weighted by molar-refractivity contribution is 5.91. The molecule has 0 aliphatic carbocycles. The molecule has 0 spiro atoms. The van der Waals surface area contributed by atoms with Gasteiger partial charge in [0, 0.05) is 19.2 Å². The molecule has 1 aliphatic heterocycles. The van der Waals surface area contributed by atoms with Gasteiger partial charge in [-0.25, -0.2) is 4.79 Å². The second-order valence-electron chi connectivity index (χ2n) is 5.51. The Morgan fingerprint density at radius 3 is 2.50 bits per heavy atom. The third kappa shape index (κ3) is 4.31. The summed E-state index contributed by atoms with van der Waals surface area (Å²) in [5, 5.41) is 2.84. The molecule has 1 aromatic carbocycles. The highest BCUT2D eigenvalue weighted by atomic mass is 16.5. The molecule has 1 saturated heterocycles. The fraction of sp³-hybridized carbons (Fsp3) is 0.529. The smallest absolute Gasteiger partial charge is 0.321 e. The van der Waals surface area contributed by atoms with Crippen LogP contribution < -0.4 is 14.8 Å². The predicted molar refractivity (Wildman–Crippen MR) is 89.5 cm³/mol. The van der Waals surface area contributed by atoms with Crippen molar-refractivity contribution >= 4 is 17.7 Å². The lowest BCUT2D eigenvalue weighted by Crippen LogP contribution is -2.42. The topological polar surface area (TPSA) is 77.1 Å². The monoisotopic (exact) mass is 336 g/mol. The summed E-state index contributed by atoms with van der Waals surface area (Å²) in [6.07, 6.45) is 1.23. The fourth-order valence-corrected chi connectivity index (χ4v) is 2.67. The van der Waals surface area contributed by atoms with Crippen LogP contribution in [-0.2, 0) is 9.53 Å². The molecular formula is C17H24N2O5. The van der Waals surface area contributed by atoms with Gasteiger partial charge >= 0.3 is 12.0 Å². The number of benzene rings is 1. The van der Waals surface area contributed by atoms with Crippen molar-refractivity contribution in [2.45, 2.75) is 19.8 Å². The molecule has 1 fully saturated rings. The molecular weight excluding hydrogens is 312 g/mol. The number of esters is 1. The number of hydrogen-bond donors (Lipinski definition) is 1. The number of carbonyl (C=O) groups excluding carboxylic acids is 2. The lowest BCUT2D eigenvalue weighted by Gasteiger charge is -2.31. The summed E-state index contributed by atoms with van der Waals surface area (Å²) >= 11 is 0. The molecule has 132 valence electrons. The second-order valence-corrected chi connectivity index (χ2v) is 5.51. The van der Waals surface area contributed by atoms with Crippen LogP contribution in [0.5, 0.6) is 11.5 Å². The fourth-order valence-electron chi connectivity index (χ4n) is 2.67. The number of hydrogen-bond acceptors (Lipinski definition) is 5. The number of likely N-dealkylation sites (tertiary alicyclic amines) is 1. The minimum absolute atomic E-state index is 0.121. The molecule has 0 atom stereocenters. The molecule has 0 radical (unpaired) electrons. The molecule has 7 nitrogen and oxygen atoms in total. The zero-order valence-electron chi connectivity index (χ0n) is 14.3. The highest BCUT2D eigenvalue weighted by Crippen LogP contribution is 2.29. The van der Waals surface area contributed by atoms with Gasteiger partial charge in [-0.3, -0.25) is 4.79 Å². The largest absolute Gasteiger partial charge is 0.497 e. The second kappa shape index (κ2) is 8.42. The van der Waals surface area contributed by atoms with E-state index in [1.165, 1.54) is 7.11 Å². The lowest BCUT2D eigenvalue weighted by molar-refractivity contribution is -0.149. The molecule has 7 heteroatoms. The van der Waals surface area contributed by atoms with Crippen molar-refractivity contribution in [1.82, 2.24) is 4.90 Å². The van der Waals surface area contributed by atoms with E-state index in [-0.39, 0.29) is 17.9 Å². The van der Waals surface area contributed by atoms with Gasteiger partial charge in [-0.1, -0.05) is 0 Å². The average molecular weight is 336 g/mol. The van der Waals surface area contributed by atoms with Gasteiger partial charge in [-0.05, 0) is 31.9 Å². The van der Waals surface area contributed by atoms with Gasteiger partial charge in [-0.2, -0.15) is 0 Å². The van der Waals surface area contributed by atoms with Gasteiger partial charge in [-0.15, -0.1) is 0 Å². The minimum atomic E-state index is -0.208. The predicted octanol–water partition coefficient (Wildman–Crippen LogP) is 2.51. The molecule has 2 amide bonds. The average Bonchev–Trinajstić information content (AvgIpc) is 2.62. The molecule has 1 N–H and O–H groups in total. The van der Waals surface area contributed by atoms with Crippen molar-refractivity contribution in [3.8, 4) is 11.5 Å². The number of methoxy groups -OCH3 is 2. The van der Waals surface area contributed by atoms with E-state index >= 15 is 0 Å². The molecule has 1 aliphatic rings. The zero-order chi connectivity index (χ0) is 17.5. The van der Waals surface area contributed by atoms with Crippen LogP contribution in [0.4, 0.5) is 10.5 Å². The first kappa shape index (κ1) is 17.9. The summed E-state index contributed by atoms with van der Waals surface area (Å²) in [4.78, 5) is 25.8. The Hall–Kier alpha value is -2.44. The van der Waals surface area contributed by atoms with Gasteiger partial charge in [0.1, 0.15) is 11.5 Å². The van der Waals surface area contributed by atoms with Gasteiger partial charge in [0.25, 0.3) is 0 Å². The van der Waals surface area contributed by atoms with Gasteiger partial charge in [0.05, 0.1) is 32.4 Å². The van der Waals surface area contributed by atoms with E-state index in [0.717, 1.165) is 0 Å². The number of carbonyl (C=O) groups is 2. The third-order valence-electron chi connectivity index (χ3n) is 4.05. The Morgan fingerprint density at radius 2 is 1.92 bits per heavy atom. The Balaban J connectivity index is 1.93. The molecule has 1 heterocycles. The van der Waals surface area contributed by atoms with E-state index in [1.54, 1.807) is 37.1 Å². The summed E-state index contributed by atoms with van der Waals surface area (Å²) in [5.74, 6) is 0.892. The van der Waals surface area contributed by atoms with E-state index in [9.17, 15) is 9.59 Å². The van der Waals surface area contributed by atoms with Crippen LogP contribution >= 0.6 is 0 Å². The van der Waals surface area contributed by atoms with Crippen molar-refractivity contribution in [2.75, 3.05) is 39.2 Å². The first-order valence-electron chi connectivity index (χ1n) is 8.03. The van der Waals surface area contributed by atoms with Crippen LogP contribution in [0, 0.1) is 5.92 Å². The summed E-state index contributed by atoms with van der Waals surface area (Å²) in [6.45, 7) is 3.22. The standard InChI is InChI=1S/C17H24N2O5/c1-4-24-16(20)12-7-9-19(10-8-12)17(21)18-14-6-5-13(22-2)11-15(14)23-3/h5-6,11-12H,4,7-10H2,1-3H3,(H,18,21). The van der Waals surface area contributed by atoms with Gasteiger partial charge in [0.15, 0.2) is 0 Å². The Morgan fingerprint density at radius 1 is 1.21 bits per heavy atom. The van der Waals surface area contributed by atoms with Crippen LogP contribution in [-0.4, -0.2) is 50.8 Å². The molecule has 1 aromatic rings. The summed E-state index contributed by atoms with van der Waals surface area (Å²) in [7, 11) is 3.11. The third-order valence-corrected chi connectivity index (χ3v) is 4.05. The normalized spacial score (nSPS) is 14.9. The summed E-state index contributed by atoms with van der Waals surface area (Å²) < 4.78 is 15.5.